The normalized spacial score (nSPS) is 19.6. The maximum absolute atomic E-state index is 13.7. The third-order valence-corrected chi connectivity index (χ3v) is 5.15. The second kappa shape index (κ2) is 6.82. The van der Waals surface area contributed by atoms with Crippen LogP contribution in [0, 0.1) is 17.2 Å². The van der Waals surface area contributed by atoms with Crippen LogP contribution in [-0.4, -0.2) is 41.9 Å². The van der Waals surface area contributed by atoms with Gasteiger partial charge in [0, 0.05) is 29.6 Å². The number of rotatable bonds is 4. The zero-order chi connectivity index (χ0) is 19.1. The van der Waals surface area contributed by atoms with Crippen LogP contribution in [0.4, 0.5) is 10.1 Å². The first-order chi connectivity index (χ1) is 12.1. The molecule has 2 amide bonds. The average Bonchev–Trinajstić information content (AvgIpc) is 2.41. The van der Waals surface area contributed by atoms with Crippen LogP contribution in [0.2, 0.25) is 5.02 Å². The number of amides is 2. The fraction of sp³-hybridized carbons (Fsp3) is 0.579. The molecule has 1 aliphatic carbocycles. The molecule has 1 spiro atoms. The number of nitrogens with one attached hydrogen (secondary N) is 2. The van der Waals surface area contributed by atoms with Crippen LogP contribution in [-0.2, 0) is 9.59 Å². The van der Waals surface area contributed by atoms with Gasteiger partial charge in [-0.1, -0.05) is 11.6 Å². The molecule has 0 radical (unpaired) electrons. The van der Waals surface area contributed by atoms with Crippen molar-refractivity contribution in [3.63, 3.8) is 0 Å². The molecule has 2 fully saturated rings. The highest BCUT2D eigenvalue weighted by Crippen LogP contribution is 2.52. The number of likely N-dealkylation sites (tertiary alicyclic amines) is 1. The topological polar surface area (TPSA) is 61.4 Å². The van der Waals surface area contributed by atoms with Crippen molar-refractivity contribution in [3.05, 3.63) is 29.0 Å². The molecule has 1 saturated carbocycles. The van der Waals surface area contributed by atoms with Gasteiger partial charge in [-0.2, -0.15) is 0 Å². The minimum Gasteiger partial charge on any atom is -0.350 e. The SMILES string of the molecule is CC(C)(C)NC(=O)CN1CC2(CC(C(=O)Nc3cc(Cl)ccc3F)C2)C1. The zero-order valence-corrected chi connectivity index (χ0v) is 16.1. The third-order valence-electron chi connectivity index (χ3n) is 4.92. The van der Waals surface area contributed by atoms with Gasteiger partial charge in [-0.3, -0.25) is 14.5 Å². The number of carbonyl (C=O) groups is 2. The summed E-state index contributed by atoms with van der Waals surface area (Å²) in [5.74, 6) is -0.742. The summed E-state index contributed by atoms with van der Waals surface area (Å²) < 4.78 is 13.7. The van der Waals surface area contributed by atoms with Crippen molar-refractivity contribution in [2.75, 3.05) is 25.0 Å². The highest BCUT2D eigenvalue weighted by atomic mass is 35.5. The Morgan fingerprint density at radius 3 is 2.58 bits per heavy atom. The number of halogens is 2. The Labute approximate surface area is 158 Å². The molecule has 1 aliphatic heterocycles. The minimum atomic E-state index is -0.489. The van der Waals surface area contributed by atoms with E-state index in [4.69, 9.17) is 11.6 Å². The van der Waals surface area contributed by atoms with Gasteiger partial charge in [-0.25, -0.2) is 4.39 Å². The molecule has 2 N–H and O–H groups in total. The molecule has 7 heteroatoms. The third kappa shape index (κ3) is 4.35. The monoisotopic (exact) mass is 381 g/mol. The molecule has 0 aromatic heterocycles. The fourth-order valence-corrected chi connectivity index (χ4v) is 4.10. The van der Waals surface area contributed by atoms with Gasteiger partial charge < -0.3 is 10.6 Å². The highest BCUT2D eigenvalue weighted by molar-refractivity contribution is 6.30. The van der Waals surface area contributed by atoms with Crippen molar-refractivity contribution in [3.8, 4) is 0 Å². The molecule has 2 aliphatic rings. The molecule has 0 bridgehead atoms. The van der Waals surface area contributed by atoms with E-state index in [1.807, 2.05) is 20.8 Å². The molecule has 3 rings (SSSR count). The number of hydrogen-bond acceptors (Lipinski definition) is 3. The van der Waals surface area contributed by atoms with Gasteiger partial charge in [-0.15, -0.1) is 0 Å². The fourth-order valence-electron chi connectivity index (χ4n) is 3.93. The Kier molecular flexibility index (Phi) is 5.01. The van der Waals surface area contributed by atoms with Gasteiger partial charge in [0.1, 0.15) is 5.82 Å². The zero-order valence-electron chi connectivity index (χ0n) is 15.4. The van der Waals surface area contributed by atoms with Gasteiger partial charge in [-0.05, 0) is 57.2 Å². The lowest BCUT2D eigenvalue weighted by Gasteiger charge is -2.58. The highest BCUT2D eigenvalue weighted by Gasteiger charge is 2.54. The molecule has 26 heavy (non-hydrogen) atoms. The van der Waals surface area contributed by atoms with Crippen molar-refractivity contribution >= 4 is 29.1 Å². The Balaban J connectivity index is 1.43. The molecular weight excluding hydrogens is 357 g/mol. The standard InChI is InChI=1S/C19H25ClFN3O2/c1-18(2,3)23-16(25)9-24-10-19(11-24)7-12(8-19)17(26)22-15-6-13(20)4-5-14(15)21/h4-6,12H,7-11H2,1-3H3,(H,22,26)(H,23,25). The van der Waals surface area contributed by atoms with E-state index in [1.54, 1.807) is 0 Å². The first-order valence-corrected chi connectivity index (χ1v) is 9.22. The summed E-state index contributed by atoms with van der Waals surface area (Å²) in [5, 5.41) is 5.97. The maximum atomic E-state index is 13.7. The van der Waals surface area contributed by atoms with E-state index in [-0.39, 0.29) is 34.4 Å². The Hall–Kier alpha value is -1.66. The molecule has 0 unspecified atom stereocenters. The van der Waals surface area contributed by atoms with Crippen LogP contribution in [0.5, 0.6) is 0 Å². The molecule has 1 aromatic carbocycles. The van der Waals surface area contributed by atoms with Crippen molar-refractivity contribution in [2.24, 2.45) is 11.3 Å². The summed E-state index contributed by atoms with van der Waals surface area (Å²) in [6.07, 6.45) is 1.55. The lowest BCUT2D eigenvalue weighted by Crippen LogP contribution is -2.65. The van der Waals surface area contributed by atoms with Crippen molar-refractivity contribution in [2.45, 2.75) is 39.2 Å². The van der Waals surface area contributed by atoms with Crippen LogP contribution in [0.25, 0.3) is 0 Å². The Morgan fingerprint density at radius 2 is 1.96 bits per heavy atom. The lowest BCUT2D eigenvalue weighted by atomic mass is 9.57. The van der Waals surface area contributed by atoms with Gasteiger partial charge in [0.2, 0.25) is 11.8 Å². The number of hydrogen-bond donors (Lipinski definition) is 2. The van der Waals surface area contributed by atoms with E-state index in [9.17, 15) is 14.0 Å². The van der Waals surface area contributed by atoms with E-state index in [0.717, 1.165) is 25.9 Å². The predicted octanol–water partition coefficient (Wildman–Crippen LogP) is 3.04. The number of carbonyl (C=O) groups excluding carboxylic acids is 2. The summed E-state index contributed by atoms with van der Waals surface area (Å²) in [4.78, 5) is 26.4. The lowest BCUT2D eigenvalue weighted by molar-refractivity contribution is -0.144. The minimum absolute atomic E-state index is 0.0254. The summed E-state index contributed by atoms with van der Waals surface area (Å²) in [6.45, 7) is 7.94. The van der Waals surface area contributed by atoms with E-state index in [1.165, 1.54) is 18.2 Å². The molecule has 5 nitrogen and oxygen atoms in total. The van der Waals surface area contributed by atoms with Crippen molar-refractivity contribution in [1.82, 2.24) is 10.2 Å². The second-order valence-electron chi connectivity index (χ2n) is 8.66. The van der Waals surface area contributed by atoms with Crippen LogP contribution >= 0.6 is 11.6 Å². The van der Waals surface area contributed by atoms with Crippen LogP contribution in [0.15, 0.2) is 18.2 Å². The Morgan fingerprint density at radius 1 is 1.31 bits per heavy atom. The van der Waals surface area contributed by atoms with Crippen LogP contribution in [0.1, 0.15) is 33.6 Å². The van der Waals surface area contributed by atoms with E-state index < -0.39 is 5.82 Å². The summed E-state index contributed by atoms with van der Waals surface area (Å²) in [6, 6.07) is 4.11. The smallest absolute Gasteiger partial charge is 0.234 e. The largest absolute Gasteiger partial charge is 0.350 e. The summed E-state index contributed by atoms with van der Waals surface area (Å²) in [5.41, 5.74) is 0.0312. The summed E-state index contributed by atoms with van der Waals surface area (Å²) >= 11 is 5.85. The number of anilines is 1. The first-order valence-electron chi connectivity index (χ1n) is 8.85. The molecule has 1 aromatic rings. The molecular formula is C19H25ClFN3O2. The first kappa shape index (κ1) is 19.1. The van der Waals surface area contributed by atoms with Gasteiger partial charge in [0.25, 0.3) is 0 Å². The second-order valence-corrected chi connectivity index (χ2v) is 9.10. The number of benzene rings is 1. The van der Waals surface area contributed by atoms with E-state index >= 15 is 0 Å². The van der Waals surface area contributed by atoms with Gasteiger partial charge in [0.05, 0.1) is 12.2 Å². The van der Waals surface area contributed by atoms with Crippen molar-refractivity contribution < 1.29 is 14.0 Å². The maximum Gasteiger partial charge on any atom is 0.234 e. The molecule has 1 saturated heterocycles. The predicted molar refractivity (Wildman–Crippen MR) is 99.5 cm³/mol. The van der Waals surface area contributed by atoms with Crippen molar-refractivity contribution in [1.29, 1.82) is 0 Å². The van der Waals surface area contributed by atoms with Crippen LogP contribution in [0.3, 0.4) is 0 Å². The van der Waals surface area contributed by atoms with E-state index in [0.29, 0.717) is 11.6 Å². The molecule has 0 atom stereocenters. The summed E-state index contributed by atoms with van der Waals surface area (Å²) in [7, 11) is 0. The quantitative estimate of drug-likeness (QED) is 0.842. The molecule has 142 valence electrons. The molecule has 1 heterocycles. The average molecular weight is 382 g/mol. The Bertz CT molecular complexity index is 718. The number of nitrogens with zero attached hydrogens (tertiary/aromatic N) is 1. The van der Waals surface area contributed by atoms with E-state index in [2.05, 4.69) is 15.5 Å². The van der Waals surface area contributed by atoms with Gasteiger partial charge in [0.15, 0.2) is 0 Å². The van der Waals surface area contributed by atoms with Crippen LogP contribution < -0.4 is 10.6 Å². The van der Waals surface area contributed by atoms with Gasteiger partial charge >= 0.3 is 0 Å².